The highest BCUT2D eigenvalue weighted by Crippen LogP contribution is 2.03. The molecule has 3 N–H and O–H groups in total. The van der Waals surface area contributed by atoms with E-state index in [1.54, 1.807) is 0 Å². The van der Waals surface area contributed by atoms with Gasteiger partial charge in [-0.3, -0.25) is 5.84 Å². The molecule has 0 aromatic heterocycles. The van der Waals surface area contributed by atoms with Crippen LogP contribution in [0.1, 0.15) is 27.7 Å². The summed E-state index contributed by atoms with van der Waals surface area (Å²) in [5, 5.41) is 0. The molecule has 15 heavy (non-hydrogen) atoms. The Morgan fingerprint density at radius 3 is 1.93 bits per heavy atom. The Bertz CT molecular complexity index is 139. The summed E-state index contributed by atoms with van der Waals surface area (Å²) in [6.07, 6.45) is -0.187. The molecule has 92 valence electrons. The van der Waals surface area contributed by atoms with E-state index in [1.165, 1.54) is 0 Å². The Kier molecular flexibility index (Phi) is 8.94. The summed E-state index contributed by atoms with van der Waals surface area (Å²) in [4.78, 5) is 0. The molecule has 0 aliphatic heterocycles. The molecule has 5 heteroatoms. The Hall–Kier alpha value is -0.200. The van der Waals surface area contributed by atoms with Crippen LogP contribution in [0.3, 0.4) is 0 Å². The second-order valence-corrected chi connectivity index (χ2v) is 3.43. The number of rotatable bonds is 9. The highest BCUT2D eigenvalue weighted by atomic mass is 16.7. The first-order chi connectivity index (χ1) is 7.15. The van der Waals surface area contributed by atoms with Gasteiger partial charge in [-0.2, -0.15) is 0 Å². The van der Waals surface area contributed by atoms with E-state index in [-0.39, 0.29) is 18.4 Å². The average Bonchev–Trinajstić information content (AvgIpc) is 2.19. The van der Waals surface area contributed by atoms with Crippen molar-refractivity contribution < 1.29 is 14.2 Å². The lowest BCUT2D eigenvalue weighted by atomic mass is 10.3. The van der Waals surface area contributed by atoms with Gasteiger partial charge in [0, 0.05) is 13.2 Å². The van der Waals surface area contributed by atoms with Gasteiger partial charge in [0.2, 0.25) is 0 Å². The summed E-state index contributed by atoms with van der Waals surface area (Å²) in [7, 11) is 0. The maximum atomic E-state index is 5.47. The third-order valence-electron chi connectivity index (χ3n) is 1.81. The zero-order valence-electron chi connectivity index (χ0n) is 10.2. The standard InChI is InChI=1S/C10H24N2O3/c1-5-13-10(14-6-2)9(12-11)7-15-8(3)4/h8-10,12H,5-7,11H2,1-4H3. The van der Waals surface area contributed by atoms with Crippen LogP contribution in [0.4, 0.5) is 0 Å². The SMILES string of the molecule is CCOC(OCC)C(COC(C)C)NN. The van der Waals surface area contributed by atoms with Crippen molar-refractivity contribution in [3.63, 3.8) is 0 Å². The van der Waals surface area contributed by atoms with Gasteiger partial charge in [-0.25, -0.2) is 5.43 Å². The third-order valence-corrected chi connectivity index (χ3v) is 1.81. The fourth-order valence-electron chi connectivity index (χ4n) is 1.11. The van der Waals surface area contributed by atoms with Crippen LogP contribution in [-0.4, -0.2) is 38.3 Å². The fourth-order valence-corrected chi connectivity index (χ4v) is 1.11. The van der Waals surface area contributed by atoms with E-state index in [0.29, 0.717) is 19.8 Å². The van der Waals surface area contributed by atoms with Crippen molar-refractivity contribution in [3.8, 4) is 0 Å². The highest BCUT2D eigenvalue weighted by molar-refractivity contribution is 4.67. The topological polar surface area (TPSA) is 65.7 Å². The zero-order valence-corrected chi connectivity index (χ0v) is 10.2. The van der Waals surface area contributed by atoms with E-state index in [1.807, 2.05) is 27.7 Å². The van der Waals surface area contributed by atoms with Crippen molar-refractivity contribution in [2.75, 3.05) is 19.8 Å². The first kappa shape index (κ1) is 14.8. The van der Waals surface area contributed by atoms with Crippen molar-refractivity contribution in [3.05, 3.63) is 0 Å². The molecule has 0 saturated carbocycles. The van der Waals surface area contributed by atoms with Crippen molar-refractivity contribution in [2.45, 2.75) is 46.1 Å². The van der Waals surface area contributed by atoms with Gasteiger partial charge in [0.25, 0.3) is 0 Å². The highest BCUT2D eigenvalue weighted by Gasteiger charge is 2.21. The maximum absolute atomic E-state index is 5.47. The number of hydrogen-bond acceptors (Lipinski definition) is 5. The fraction of sp³-hybridized carbons (Fsp3) is 1.00. The van der Waals surface area contributed by atoms with Gasteiger partial charge >= 0.3 is 0 Å². The van der Waals surface area contributed by atoms with E-state index in [0.717, 1.165) is 0 Å². The Morgan fingerprint density at radius 2 is 1.60 bits per heavy atom. The van der Waals surface area contributed by atoms with Crippen LogP contribution in [0.5, 0.6) is 0 Å². The molecule has 0 rings (SSSR count). The lowest BCUT2D eigenvalue weighted by Gasteiger charge is -2.26. The number of ether oxygens (including phenoxy) is 3. The lowest BCUT2D eigenvalue weighted by Crippen LogP contribution is -2.49. The smallest absolute Gasteiger partial charge is 0.176 e. The van der Waals surface area contributed by atoms with Crippen molar-refractivity contribution in [1.29, 1.82) is 0 Å². The van der Waals surface area contributed by atoms with E-state index in [2.05, 4.69) is 5.43 Å². The average molecular weight is 220 g/mol. The van der Waals surface area contributed by atoms with Gasteiger partial charge in [-0.1, -0.05) is 0 Å². The van der Waals surface area contributed by atoms with Crippen LogP contribution < -0.4 is 11.3 Å². The minimum absolute atomic E-state index is 0.146. The molecular formula is C10H24N2O3. The Balaban J connectivity index is 4.05. The van der Waals surface area contributed by atoms with E-state index >= 15 is 0 Å². The quantitative estimate of drug-likeness (QED) is 0.339. The molecule has 0 radical (unpaired) electrons. The van der Waals surface area contributed by atoms with Crippen LogP contribution in [0.25, 0.3) is 0 Å². The minimum atomic E-state index is -0.358. The monoisotopic (exact) mass is 220 g/mol. The van der Waals surface area contributed by atoms with Gasteiger partial charge in [0.05, 0.1) is 18.8 Å². The largest absolute Gasteiger partial charge is 0.377 e. The minimum Gasteiger partial charge on any atom is -0.377 e. The Morgan fingerprint density at radius 1 is 1.07 bits per heavy atom. The predicted octanol–water partition coefficient (Wildman–Crippen LogP) is 0.642. The van der Waals surface area contributed by atoms with Crippen molar-refractivity contribution in [1.82, 2.24) is 5.43 Å². The molecule has 0 aliphatic carbocycles. The van der Waals surface area contributed by atoms with E-state index in [4.69, 9.17) is 20.1 Å². The molecule has 0 spiro atoms. The van der Waals surface area contributed by atoms with Crippen LogP contribution in [0.15, 0.2) is 0 Å². The number of nitrogens with one attached hydrogen (secondary N) is 1. The molecule has 0 saturated heterocycles. The molecule has 1 atom stereocenters. The molecule has 0 fully saturated rings. The Labute approximate surface area is 92.2 Å². The molecule has 0 amide bonds. The predicted molar refractivity (Wildman–Crippen MR) is 59.2 cm³/mol. The van der Waals surface area contributed by atoms with Crippen LogP contribution in [0.2, 0.25) is 0 Å². The molecule has 1 unspecified atom stereocenters. The molecule has 0 aromatic carbocycles. The third kappa shape index (κ3) is 6.81. The molecule has 0 heterocycles. The molecule has 0 aromatic rings. The van der Waals surface area contributed by atoms with Gasteiger partial charge in [0.1, 0.15) is 0 Å². The first-order valence-corrected chi connectivity index (χ1v) is 5.46. The number of nitrogens with two attached hydrogens (primary N) is 1. The summed E-state index contributed by atoms with van der Waals surface area (Å²) in [5.74, 6) is 5.43. The summed E-state index contributed by atoms with van der Waals surface area (Å²) >= 11 is 0. The van der Waals surface area contributed by atoms with Crippen molar-refractivity contribution in [2.24, 2.45) is 5.84 Å². The second kappa shape index (κ2) is 9.06. The summed E-state index contributed by atoms with van der Waals surface area (Å²) in [6, 6.07) is -0.146. The summed E-state index contributed by atoms with van der Waals surface area (Å²) < 4.78 is 16.3. The first-order valence-electron chi connectivity index (χ1n) is 5.46. The van der Waals surface area contributed by atoms with Gasteiger partial charge in [-0.05, 0) is 27.7 Å². The van der Waals surface area contributed by atoms with E-state index < -0.39 is 0 Å². The summed E-state index contributed by atoms with van der Waals surface area (Å²) in [6.45, 7) is 9.44. The molecule has 0 bridgehead atoms. The van der Waals surface area contributed by atoms with Crippen LogP contribution in [-0.2, 0) is 14.2 Å². The molecule has 5 nitrogen and oxygen atoms in total. The second-order valence-electron chi connectivity index (χ2n) is 3.43. The zero-order chi connectivity index (χ0) is 11.7. The van der Waals surface area contributed by atoms with E-state index in [9.17, 15) is 0 Å². The lowest BCUT2D eigenvalue weighted by molar-refractivity contribution is -0.165. The van der Waals surface area contributed by atoms with Crippen molar-refractivity contribution >= 4 is 0 Å². The number of hydrogen-bond donors (Lipinski definition) is 2. The summed E-state index contributed by atoms with van der Waals surface area (Å²) in [5.41, 5.74) is 2.65. The van der Waals surface area contributed by atoms with Gasteiger partial charge in [-0.15, -0.1) is 0 Å². The molecule has 0 aliphatic rings. The van der Waals surface area contributed by atoms with Crippen LogP contribution in [0, 0.1) is 0 Å². The number of hydrazine groups is 1. The maximum Gasteiger partial charge on any atom is 0.176 e. The van der Waals surface area contributed by atoms with Crippen LogP contribution >= 0.6 is 0 Å². The van der Waals surface area contributed by atoms with Gasteiger partial charge in [0.15, 0.2) is 6.29 Å². The normalized spacial score (nSPS) is 13.8. The van der Waals surface area contributed by atoms with Gasteiger partial charge < -0.3 is 14.2 Å². The molecular weight excluding hydrogens is 196 g/mol.